The molecule has 0 aromatic heterocycles. The van der Waals surface area contributed by atoms with Gasteiger partial charge in [-0.1, -0.05) is 12.5 Å². The van der Waals surface area contributed by atoms with Gasteiger partial charge in [-0.25, -0.2) is 0 Å². The van der Waals surface area contributed by atoms with Crippen LogP contribution in [0.25, 0.3) is 0 Å². The molecule has 4 atom stereocenters. The smallest absolute Gasteiger partial charge is 0.314 e. The normalized spacial score (nSPS) is 36.6. The third-order valence-electron chi connectivity index (χ3n) is 8.02. The van der Waals surface area contributed by atoms with E-state index >= 15 is 0 Å². The molecule has 5 aliphatic rings. The van der Waals surface area contributed by atoms with Crippen molar-refractivity contribution in [2.45, 2.75) is 62.5 Å². The second-order valence-corrected chi connectivity index (χ2v) is 9.13. The summed E-state index contributed by atoms with van der Waals surface area (Å²) in [6, 6.07) is 4.47. The third kappa shape index (κ3) is 1.93. The molecule has 2 aliphatic heterocycles. The van der Waals surface area contributed by atoms with Gasteiger partial charge in [0.1, 0.15) is 0 Å². The quantitative estimate of drug-likeness (QED) is 0.594. The van der Waals surface area contributed by atoms with Gasteiger partial charge in [0.2, 0.25) is 0 Å². The Morgan fingerprint density at radius 1 is 1.30 bits per heavy atom. The highest BCUT2D eigenvalue weighted by Gasteiger charge is 2.65. The molecule has 2 heterocycles. The zero-order valence-electron chi connectivity index (χ0n) is 15.7. The molecule has 0 amide bonds. The number of Topliss-reactive ketones (excluding diaryl/α,β-unsaturated/α-hetero) is 1. The van der Waals surface area contributed by atoms with Crippen molar-refractivity contribution in [3.8, 4) is 11.5 Å². The summed E-state index contributed by atoms with van der Waals surface area (Å²) in [5.74, 6) is 1.76. The van der Waals surface area contributed by atoms with Gasteiger partial charge in [0.15, 0.2) is 23.4 Å². The van der Waals surface area contributed by atoms with Gasteiger partial charge in [0.25, 0.3) is 0 Å². The molecule has 1 aromatic carbocycles. The summed E-state index contributed by atoms with van der Waals surface area (Å²) >= 11 is 0. The highest BCUT2D eigenvalue weighted by atomic mass is 16.6. The Hall–Kier alpha value is -1.88. The van der Waals surface area contributed by atoms with Gasteiger partial charge in [0.05, 0.1) is 5.92 Å². The van der Waals surface area contributed by atoms with E-state index in [0.29, 0.717) is 29.9 Å². The van der Waals surface area contributed by atoms with E-state index in [-0.39, 0.29) is 23.1 Å². The molecular formula is C22H25NO4. The van der Waals surface area contributed by atoms with E-state index in [9.17, 15) is 9.59 Å². The van der Waals surface area contributed by atoms with Gasteiger partial charge in [-0.2, -0.15) is 0 Å². The highest BCUT2D eigenvalue weighted by molar-refractivity contribution is 5.89. The predicted molar refractivity (Wildman–Crippen MR) is 98.0 cm³/mol. The number of ether oxygens (including phenoxy) is 2. The maximum Gasteiger partial charge on any atom is 0.314 e. The molecule has 1 aromatic rings. The molecule has 6 rings (SSSR count). The number of rotatable bonds is 2. The van der Waals surface area contributed by atoms with Crippen molar-refractivity contribution in [3.05, 3.63) is 23.3 Å². The monoisotopic (exact) mass is 367 g/mol. The molecule has 3 unspecified atom stereocenters. The second kappa shape index (κ2) is 5.34. The molecule has 2 bridgehead atoms. The number of carbonyl (C=O) groups is 2. The highest BCUT2D eigenvalue weighted by Crippen LogP contribution is 2.63. The van der Waals surface area contributed by atoms with Crippen LogP contribution in [0.1, 0.15) is 49.7 Å². The minimum absolute atomic E-state index is 0.0252. The van der Waals surface area contributed by atoms with Crippen LogP contribution in [0.15, 0.2) is 12.1 Å². The van der Waals surface area contributed by atoms with Crippen LogP contribution in [0.2, 0.25) is 0 Å². The summed E-state index contributed by atoms with van der Waals surface area (Å²) in [6.07, 6.45) is 6.02. The molecule has 27 heavy (non-hydrogen) atoms. The van der Waals surface area contributed by atoms with E-state index < -0.39 is 6.10 Å². The van der Waals surface area contributed by atoms with Crippen molar-refractivity contribution >= 4 is 11.8 Å². The minimum Gasteiger partial charge on any atom is -0.477 e. The first-order chi connectivity index (χ1) is 13.1. The summed E-state index contributed by atoms with van der Waals surface area (Å²) in [6.45, 7) is 0.985. The van der Waals surface area contributed by atoms with Crippen LogP contribution >= 0.6 is 0 Å². The van der Waals surface area contributed by atoms with Crippen LogP contribution < -0.4 is 9.47 Å². The van der Waals surface area contributed by atoms with E-state index in [2.05, 4.69) is 18.0 Å². The van der Waals surface area contributed by atoms with Gasteiger partial charge in [-0.05, 0) is 63.2 Å². The molecule has 142 valence electrons. The molecule has 5 nitrogen and oxygen atoms in total. The number of piperidine rings is 1. The van der Waals surface area contributed by atoms with Gasteiger partial charge in [0, 0.05) is 23.4 Å². The molecule has 1 saturated heterocycles. The number of hydrogen-bond acceptors (Lipinski definition) is 5. The number of carbonyl (C=O) groups excluding carboxylic acids is 2. The summed E-state index contributed by atoms with van der Waals surface area (Å²) in [5.41, 5.74) is 2.25. The first-order valence-electron chi connectivity index (χ1n) is 10.4. The average molecular weight is 367 g/mol. The van der Waals surface area contributed by atoms with Crippen molar-refractivity contribution in [3.63, 3.8) is 0 Å². The zero-order valence-corrected chi connectivity index (χ0v) is 15.7. The lowest BCUT2D eigenvalue weighted by Gasteiger charge is -2.57. The van der Waals surface area contributed by atoms with Crippen LogP contribution in [-0.2, 0) is 21.4 Å². The van der Waals surface area contributed by atoms with Crippen molar-refractivity contribution < 1.29 is 19.1 Å². The number of esters is 1. The Bertz CT molecular complexity index is 860. The molecule has 2 saturated carbocycles. The molecule has 0 radical (unpaired) electrons. The third-order valence-corrected chi connectivity index (χ3v) is 8.02. The second-order valence-electron chi connectivity index (χ2n) is 9.13. The van der Waals surface area contributed by atoms with Crippen LogP contribution in [0.4, 0.5) is 0 Å². The topological polar surface area (TPSA) is 55.8 Å². The fraction of sp³-hybridized carbons (Fsp3) is 0.636. The van der Waals surface area contributed by atoms with Crippen LogP contribution in [0.3, 0.4) is 0 Å². The number of ketones is 1. The Balaban J connectivity index is 1.49. The minimum atomic E-state index is -0.398. The van der Waals surface area contributed by atoms with Gasteiger partial charge in [-0.15, -0.1) is 0 Å². The van der Waals surface area contributed by atoms with Crippen molar-refractivity contribution in [1.29, 1.82) is 0 Å². The number of likely N-dealkylation sites (N-methyl/N-ethyl adjacent to an activating group) is 1. The maximum atomic E-state index is 12.9. The van der Waals surface area contributed by atoms with Crippen LogP contribution in [0, 0.1) is 11.8 Å². The first kappa shape index (κ1) is 16.1. The van der Waals surface area contributed by atoms with E-state index in [1.807, 2.05) is 6.07 Å². The van der Waals surface area contributed by atoms with E-state index in [4.69, 9.17) is 9.47 Å². The zero-order chi connectivity index (χ0) is 18.3. The SMILES string of the molecule is CN1CCC23c4c5ccc(OC(=O)C6CCC6)c4O[C@H]2C(=O)CCC3C1C5. The van der Waals surface area contributed by atoms with Gasteiger partial charge >= 0.3 is 5.97 Å². The molecular weight excluding hydrogens is 342 g/mol. The van der Waals surface area contributed by atoms with Crippen LogP contribution in [0.5, 0.6) is 11.5 Å². The Labute approximate surface area is 159 Å². The lowest BCUT2D eigenvalue weighted by Crippen LogP contribution is -2.65. The number of nitrogens with zero attached hydrogens (tertiary/aromatic N) is 1. The Morgan fingerprint density at radius 2 is 2.15 bits per heavy atom. The first-order valence-corrected chi connectivity index (χ1v) is 10.4. The number of hydrogen-bond donors (Lipinski definition) is 0. The van der Waals surface area contributed by atoms with E-state index in [1.165, 1.54) is 11.1 Å². The summed E-state index contributed by atoms with van der Waals surface area (Å²) in [7, 11) is 2.21. The lowest BCUT2D eigenvalue weighted by atomic mass is 9.52. The van der Waals surface area contributed by atoms with E-state index in [0.717, 1.165) is 45.1 Å². The summed E-state index contributed by atoms with van der Waals surface area (Å²) in [5, 5.41) is 0. The Morgan fingerprint density at radius 3 is 2.93 bits per heavy atom. The fourth-order valence-electron chi connectivity index (χ4n) is 6.43. The van der Waals surface area contributed by atoms with Gasteiger partial charge < -0.3 is 14.4 Å². The summed E-state index contributed by atoms with van der Waals surface area (Å²) in [4.78, 5) is 27.8. The van der Waals surface area contributed by atoms with Gasteiger partial charge in [-0.3, -0.25) is 9.59 Å². The average Bonchev–Trinajstić information content (AvgIpc) is 2.95. The molecule has 0 N–H and O–H groups in total. The molecule has 5 heteroatoms. The standard InChI is InChI=1S/C22H25NO4/c1-23-10-9-22-14-6-7-16(24)20(22)27-19-17(26-21(25)12-3-2-4-12)8-5-13(18(19)22)11-15(14)23/h5,8,12,14-15,20H,2-4,6-7,9-11H2,1H3/t14?,15?,20-,22?/m0/s1. The van der Waals surface area contributed by atoms with Crippen molar-refractivity contribution in [2.24, 2.45) is 11.8 Å². The van der Waals surface area contributed by atoms with Crippen molar-refractivity contribution in [1.82, 2.24) is 4.90 Å². The Kier molecular flexibility index (Phi) is 3.19. The number of benzene rings is 1. The summed E-state index contributed by atoms with van der Waals surface area (Å²) < 4.78 is 12.1. The lowest BCUT2D eigenvalue weighted by molar-refractivity contribution is -0.141. The predicted octanol–water partition coefficient (Wildman–Crippen LogP) is 2.63. The van der Waals surface area contributed by atoms with E-state index in [1.54, 1.807) is 0 Å². The van der Waals surface area contributed by atoms with Crippen LogP contribution in [-0.4, -0.2) is 42.4 Å². The molecule has 1 spiro atoms. The molecule has 3 aliphatic carbocycles. The number of likely N-dealkylation sites (tertiary alicyclic amines) is 1. The van der Waals surface area contributed by atoms with Crippen molar-refractivity contribution in [2.75, 3.05) is 13.6 Å². The largest absolute Gasteiger partial charge is 0.477 e. The maximum absolute atomic E-state index is 12.9. The fourth-order valence-corrected chi connectivity index (χ4v) is 6.43. The molecule has 3 fully saturated rings.